The standard InChI is InChI=1S/C19H24N4O3S/c1-22-8-10-23(11-9-22)27(25,26)15-6-7-18(20-13-15)21-19-16-5-3-2-4-14(16)12-17(19)24/h2-7,13,17,19,24H,8-12H2,1H3,(H,20,21)/t17-,19+/m1/s1. The summed E-state index contributed by atoms with van der Waals surface area (Å²) in [5.41, 5.74) is 2.18. The van der Waals surface area contributed by atoms with Crippen molar-refractivity contribution in [3.63, 3.8) is 0 Å². The van der Waals surface area contributed by atoms with E-state index < -0.39 is 16.1 Å². The maximum atomic E-state index is 12.8. The van der Waals surface area contributed by atoms with E-state index in [9.17, 15) is 13.5 Å². The average molecular weight is 388 g/mol. The number of hydrogen-bond donors (Lipinski definition) is 2. The molecule has 0 bridgehead atoms. The molecular formula is C19H24N4O3S. The topological polar surface area (TPSA) is 85.8 Å². The molecule has 144 valence electrons. The number of anilines is 1. The lowest BCUT2D eigenvalue weighted by atomic mass is 10.1. The number of benzene rings is 1. The van der Waals surface area contributed by atoms with Gasteiger partial charge < -0.3 is 15.3 Å². The number of aromatic nitrogens is 1. The van der Waals surface area contributed by atoms with E-state index in [1.807, 2.05) is 31.3 Å². The fraction of sp³-hybridized carbons (Fsp3) is 0.421. The smallest absolute Gasteiger partial charge is 0.244 e. The highest BCUT2D eigenvalue weighted by molar-refractivity contribution is 7.89. The van der Waals surface area contributed by atoms with Crippen LogP contribution in [0.15, 0.2) is 47.5 Å². The zero-order valence-corrected chi connectivity index (χ0v) is 16.1. The number of nitrogens with zero attached hydrogens (tertiary/aromatic N) is 3. The lowest BCUT2D eigenvalue weighted by Crippen LogP contribution is -2.47. The number of pyridine rings is 1. The van der Waals surface area contributed by atoms with E-state index in [1.54, 1.807) is 12.1 Å². The number of likely N-dealkylation sites (N-methyl/N-ethyl adjacent to an activating group) is 1. The van der Waals surface area contributed by atoms with Gasteiger partial charge in [-0.25, -0.2) is 13.4 Å². The second-order valence-corrected chi connectivity index (χ2v) is 9.12. The largest absolute Gasteiger partial charge is 0.390 e. The van der Waals surface area contributed by atoms with Crippen molar-refractivity contribution in [2.75, 3.05) is 38.5 Å². The van der Waals surface area contributed by atoms with E-state index in [0.717, 1.165) is 24.2 Å². The van der Waals surface area contributed by atoms with Crippen LogP contribution in [-0.2, 0) is 16.4 Å². The van der Waals surface area contributed by atoms with Gasteiger partial charge in [-0.15, -0.1) is 0 Å². The minimum absolute atomic E-state index is 0.199. The molecule has 1 aliphatic carbocycles. The van der Waals surface area contributed by atoms with Crippen LogP contribution in [0.4, 0.5) is 5.82 Å². The molecular weight excluding hydrogens is 364 g/mol. The molecule has 2 N–H and O–H groups in total. The summed E-state index contributed by atoms with van der Waals surface area (Å²) in [5, 5.41) is 13.6. The van der Waals surface area contributed by atoms with Gasteiger partial charge >= 0.3 is 0 Å². The van der Waals surface area contributed by atoms with Gasteiger partial charge in [0.05, 0.1) is 12.1 Å². The van der Waals surface area contributed by atoms with Gasteiger partial charge in [-0.05, 0) is 30.3 Å². The first-order valence-corrected chi connectivity index (χ1v) is 10.6. The summed E-state index contributed by atoms with van der Waals surface area (Å²) in [5.74, 6) is 0.549. The molecule has 7 nitrogen and oxygen atoms in total. The van der Waals surface area contributed by atoms with Crippen molar-refractivity contribution in [3.05, 3.63) is 53.7 Å². The minimum Gasteiger partial charge on any atom is -0.390 e. The first-order chi connectivity index (χ1) is 12.9. The third-order valence-corrected chi connectivity index (χ3v) is 7.23. The van der Waals surface area contributed by atoms with Gasteiger partial charge in [-0.1, -0.05) is 24.3 Å². The van der Waals surface area contributed by atoms with Crippen LogP contribution >= 0.6 is 0 Å². The Bertz CT molecular complexity index is 909. The molecule has 0 radical (unpaired) electrons. The van der Waals surface area contributed by atoms with Gasteiger partial charge in [-0.2, -0.15) is 4.31 Å². The fourth-order valence-electron chi connectivity index (χ4n) is 3.70. The lowest BCUT2D eigenvalue weighted by molar-refractivity contribution is 0.165. The normalized spacial score (nSPS) is 23.9. The summed E-state index contributed by atoms with van der Waals surface area (Å²) in [6.45, 7) is 2.43. The first-order valence-electron chi connectivity index (χ1n) is 9.12. The molecule has 8 heteroatoms. The quantitative estimate of drug-likeness (QED) is 0.816. The molecule has 0 unspecified atom stereocenters. The van der Waals surface area contributed by atoms with Gasteiger partial charge in [0.15, 0.2) is 0 Å². The highest BCUT2D eigenvalue weighted by Gasteiger charge is 2.31. The molecule has 27 heavy (non-hydrogen) atoms. The number of piperazine rings is 1. The Kier molecular flexibility index (Phi) is 4.90. The number of nitrogens with one attached hydrogen (secondary N) is 1. The van der Waals surface area contributed by atoms with Crippen molar-refractivity contribution in [1.29, 1.82) is 0 Å². The predicted octanol–water partition coefficient (Wildman–Crippen LogP) is 1.09. The Morgan fingerprint density at radius 1 is 1.11 bits per heavy atom. The lowest BCUT2D eigenvalue weighted by Gasteiger charge is -2.31. The molecule has 1 aromatic heterocycles. The van der Waals surface area contributed by atoms with Gasteiger partial charge in [0.1, 0.15) is 10.7 Å². The van der Waals surface area contributed by atoms with Crippen molar-refractivity contribution in [3.8, 4) is 0 Å². The number of hydrogen-bond acceptors (Lipinski definition) is 6. The predicted molar refractivity (Wildman–Crippen MR) is 103 cm³/mol. The number of sulfonamides is 1. The van der Waals surface area contributed by atoms with Crippen molar-refractivity contribution in [1.82, 2.24) is 14.2 Å². The molecule has 0 saturated carbocycles. The van der Waals surface area contributed by atoms with E-state index in [2.05, 4.69) is 15.2 Å². The SMILES string of the molecule is CN1CCN(S(=O)(=O)c2ccc(N[C@H]3c4ccccc4C[C@H]3O)nc2)CC1. The fourth-order valence-corrected chi connectivity index (χ4v) is 5.07. The van der Waals surface area contributed by atoms with E-state index in [1.165, 1.54) is 10.5 Å². The van der Waals surface area contributed by atoms with E-state index in [0.29, 0.717) is 25.3 Å². The number of aliphatic hydroxyl groups is 1. The number of aliphatic hydroxyl groups excluding tert-OH is 1. The molecule has 2 aromatic rings. The molecule has 0 spiro atoms. The molecule has 1 saturated heterocycles. The summed E-state index contributed by atoms with van der Waals surface area (Å²) in [7, 11) is -1.53. The molecule has 2 atom stereocenters. The van der Waals surface area contributed by atoms with Crippen molar-refractivity contribution in [2.24, 2.45) is 0 Å². The van der Waals surface area contributed by atoms with Crippen LogP contribution in [0, 0.1) is 0 Å². The molecule has 4 rings (SSSR count). The maximum absolute atomic E-state index is 12.8. The van der Waals surface area contributed by atoms with E-state index in [4.69, 9.17) is 0 Å². The summed E-state index contributed by atoms with van der Waals surface area (Å²) < 4.78 is 27.1. The van der Waals surface area contributed by atoms with Crippen LogP contribution in [0.5, 0.6) is 0 Å². The van der Waals surface area contributed by atoms with Crippen molar-refractivity contribution >= 4 is 15.8 Å². The van der Waals surface area contributed by atoms with Gasteiger partial charge in [0.25, 0.3) is 0 Å². The molecule has 2 heterocycles. The van der Waals surface area contributed by atoms with Crippen LogP contribution in [0.25, 0.3) is 0 Å². The molecule has 1 fully saturated rings. The van der Waals surface area contributed by atoms with Gasteiger partial charge in [0.2, 0.25) is 10.0 Å². The second kappa shape index (κ2) is 7.20. The Hall–Kier alpha value is -2.00. The average Bonchev–Trinajstić information content (AvgIpc) is 2.98. The number of fused-ring (bicyclic) bond motifs is 1. The van der Waals surface area contributed by atoms with E-state index >= 15 is 0 Å². The summed E-state index contributed by atoms with van der Waals surface area (Å²) in [6, 6.07) is 10.9. The third-order valence-electron chi connectivity index (χ3n) is 5.34. The molecule has 1 aromatic carbocycles. The van der Waals surface area contributed by atoms with Crippen LogP contribution in [0.3, 0.4) is 0 Å². The highest BCUT2D eigenvalue weighted by Crippen LogP contribution is 2.33. The van der Waals surface area contributed by atoms with Crippen molar-refractivity contribution < 1.29 is 13.5 Å². The summed E-state index contributed by atoms with van der Waals surface area (Å²) >= 11 is 0. The minimum atomic E-state index is -3.52. The second-order valence-electron chi connectivity index (χ2n) is 7.18. The van der Waals surface area contributed by atoms with Crippen LogP contribution in [0.1, 0.15) is 17.2 Å². The van der Waals surface area contributed by atoms with Crippen LogP contribution < -0.4 is 5.32 Å². The van der Waals surface area contributed by atoms with Crippen LogP contribution in [0.2, 0.25) is 0 Å². The van der Waals surface area contributed by atoms with Gasteiger partial charge in [0, 0.05) is 38.8 Å². The monoisotopic (exact) mass is 388 g/mol. The Balaban J connectivity index is 1.50. The van der Waals surface area contributed by atoms with Crippen LogP contribution in [-0.4, -0.2) is 67.0 Å². The highest BCUT2D eigenvalue weighted by atomic mass is 32.2. The van der Waals surface area contributed by atoms with E-state index in [-0.39, 0.29) is 10.9 Å². The summed E-state index contributed by atoms with van der Waals surface area (Å²) in [6.07, 6.45) is 1.46. The van der Waals surface area contributed by atoms with Gasteiger partial charge in [-0.3, -0.25) is 0 Å². The Morgan fingerprint density at radius 2 is 1.85 bits per heavy atom. The Morgan fingerprint density at radius 3 is 2.56 bits per heavy atom. The Labute approximate surface area is 159 Å². The molecule has 1 aliphatic heterocycles. The third kappa shape index (κ3) is 3.58. The molecule has 2 aliphatic rings. The first kappa shape index (κ1) is 18.4. The molecule has 0 amide bonds. The maximum Gasteiger partial charge on any atom is 0.244 e. The number of rotatable bonds is 4. The summed E-state index contributed by atoms with van der Waals surface area (Å²) in [4.78, 5) is 6.60. The zero-order valence-electron chi connectivity index (χ0n) is 15.2. The zero-order chi connectivity index (χ0) is 19.0. The van der Waals surface area contributed by atoms with Crippen molar-refractivity contribution in [2.45, 2.75) is 23.5 Å².